The minimum absolute atomic E-state index is 0.0341. The van der Waals surface area contributed by atoms with E-state index >= 15 is 0 Å². The Morgan fingerprint density at radius 3 is 2.59 bits per heavy atom. The van der Waals surface area contributed by atoms with Crippen LogP contribution in [0.2, 0.25) is 5.02 Å². The molecule has 0 saturated carbocycles. The zero-order chi connectivity index (χ0) is 23.8. The number of imide groups is 1. The summed E-state index contributed by atoms with van der Waals surface area (Å²) < 4.78 is 15.9. The molecule has 0 spiro atoms. The number of amides is 2. The Morgan fingerprint density at radius 2 is 1.85 bits per heavy atom. The number of nitrogens with zero attached hydrogens (tertiary/aromatic N) is 3. The van der Waals surface area contributed by atoms with E-state index in [0.717, 1.165) is 16.7 Å². The van der Waals surface area contributed by atoms with E-state index in [1.165, 1.54) is 12.1 Å². The molecule has 3 aliphatic rings. The standard InChI is InChI=1S/C22H18ClN3O7S/c23-15-10-19-18(32-12-33-19)9-14(15)11-25-21(27)20(34-22(25)28)8-13-1-2-16(17(7-13)26(29)30)24-3-5-31-6-4-24/h1-2,7-10H,3-6,11-12H2/b20-8-. The molecular weight excluding hydrogens is 486 g/mol. The number of carbonyl (C=O) groups is 2. The summed E-state index contributed by atoms with van der Waals surface area (Å²) in [6, 6.07) is 7.99. The summed E-state index contributed by atoms with van der Waals surface area (Å²) in [6.07, 6.45) is 1.49. The summed E-state index contributed by atoms with van der Waals surface area (Å²) in [5.41, 5.74) is 1.42. The molecule has 176 valence electrons. The number of ether oxygens (including phenoxy) is 3. The van der Waals surface area contributed by atoms with E-state index in [-0.39, 0.29) is 23.9 Å². The van der Waals surface area contributed by atoms with Gasteiger partial charge < -0.3 is 19.1 Å². The second-order valence-corrected chi connectivity index (χ2v) is 9.07. The lowest BCUT2D eigenvalue weighted by atomic mass is 10.1. The van der Waals surface area contributed by atoms with Crippen LogP contribution >= 0.6 is 23.4 Å². The number of thioether (sulfide) groups is 1. The zero-order valence-corrected chi connectivity index (χ0v) is 19.3. The number of halogens is 1. The molecule has 10 nitrogen and oxygen atoms in total. The van der Waals surface area contributed by atoms with Crippen LogP contribution in [-0.2, 0) is 16.1 Å². The number of anilines is 1. The fourth-order valence-electron chi connectivity index (χ4n) is 3.89. The molecule has 0 unspecified atom stereocenters. The fourth-order valence-corrected chi connectivity index (χ4v) is 4.94. The van der Waals surface area contributed by atoms with E-state index in [9.17, 15) is 19.7 Å². The average Bonchev–Trinajstić information content (AvgIpc) is 3.38. The highest BCUT2D eigenvalue weighted by Gasteiger charge is 2.36. The summed E-state index contributed by atoms with van der Waals surface area (Å²) in [5.74, 6) is 0.503. The van der Waals surface area contributed by atoms with Gasteiger partial charge in [-0.3, -0.25) is 24.6 Å². The average molecular weight is 504 g/mol. The highest BCUT2D eigenvalue weighted by molar-refractivity contribution is 8.18. The Hall–Kier alpha value is -3.28. The lowest BCUT2D eigenvalue weighted by Gasteiger charge is -2.28. The van der Waals surface area contributed by atoms with Gasteiger partial charge in [0.05, 0.1) is 29.6 Å². The predicted molar refractivity (Wildman–Crippen MR) is 125 cm³/mol. The SMILES string of the molecule is O=C1S/C(=C\c2ccc(N3CCOCC3)c([N+](=O)[O-])c2)C(=O)N1Cc1cc2c(cc1Cl)OCO2. The summed E-state index contributed by atoms with van der Waals surface area (Å²) in [5, 5.41) is 11.6. The van der Waals surface area contributed by atoms with Crippen molar-refractivity contribution in [2.75, 3.05) is 38.0 Å². The Bertz CT molecular complexity index is 1230. The van der Waals surface area contributed by atoms with Gasteiger partial charge in [0, 0.05) is 30.2 Å². The molecule has 2 fully saturated rings. The predicted octanol–water partition coefficient (Wildman–Crippen LogP) is 4.05. The summed E-state index contributed by atoms with van der Waals surface area (Å²) in [7, 11) is 0. The minimum atomic E-state index is -0.497. The highest BCUT2D eigenvalue weighted by atomic mass is 35.5. The van der Waals surface area contributed by atoms with E-state index in [2.05, 4.69) is 0 Å². The smallest absolute Gasteiger partial charge is 0.293 e. The quantitative estimate of drug-likeness (QED) is 0.339. The van der Waals surface area contributed by atoms with Crippen molar-refractivity contribution in [1.29, 1.82) is 0 Å². The van der Waals surface area contributed by atoms with E-state index in [1.807, 2.05) is 4.90 Å². The van der Waals surface area contributed by atoms with Crippen molar-refractivity contribution in [2.24, 2.45) is 0 Å². The highest BCUT2D eigenvalue weighted by Crippen LogP contribution is 2.40. The van der Waals surface area contributed by atoms with Crippen molar-refractivity contribution in [2.45, 2.75) is 6.54 Å². The monoisotopic (exact) mass is 503 g/mol. The van der Waals surface area contributed by atoms with Crippen LogP contribution in [0.5, 0.6) is 11.5 Å². The molecule has 2 aromatic carbocycles. The molecule has 3 aliphatic heterocycles. The van der Waals surface area contributed by atoms with Crippen molar-refractivity contribution >= 4 is 52.0 Å². The third kappa shape index (κ3) is 4.29. The Balaban J connectivity index is 1.38. The first-order valence-corrected chi connectivity index (χ1v) is 11.5. The molecule has 0 bridgehead atoms. The molecule has 3 heterocycles. The number of morpholine rings is 1. The number of benzene rings is 2. The Morgan fingerprint density at radius 1 is 1.12 bits per heavy atom. The van der Waals surface area contributed by atoms with Gasteiger partial charge in [0.2, 0.25) is 6.79 Å². The van der Waals surface area contributed by atoms with E-state index in [4.69, 9.17) is 25.8 Å². The summed E-state index contributed by atoms with van der Waals surface area (Å²) in [4.78, 5) is 39.9. The number of carbonyl (C=O) groups excluding carboxylic acids is 2. The molecule has 12 heteroatoms. The van der Waals surface area contributed by atoms with Crippen LogP contribution in [0.4, 0.5) is 16.2 Å². The first-order valence-electron chi connectivity index (χ1n) is 10.4. The third-order valence-corrected chi connectivity index (χ3v) is 6.85. The van der Waals surface area contributed by atoms with Crippen molar-refractivity contribution in [1.82, 2.24) is 4.90 Å². The molecule has 0 aromatic heterocycles. The molecule has 2 saturated heterocycles. The van der Waals surface area contributed by atoms with Crippen LogP contribution in [0, 0.1) is 10.1 Å². The molecule has 0 radical (unpaired) electrons. The van der Waals surface area contributed by atoms with Gasteiger partial charge in [-0.1, -0.05) is 17.7 Å². The van der Waals surface area contributed by atoms with E-state index < -0.39 is 16.1 Å². The van der Waals surface area contributed by atoms with Crippen LogP contribution in [0.15, 0.2) is 35.2 Å². The van der Waals surface area contributed by atoms with Gasteiger partial charge in [0.15, 0.2) is 11.5 Å². The van der Waals surface area contributed by atoms with E-state index in [1.54, 1.807) is 24.3 Å². The molecule has 2 amide bonds. The number of hydrogen-bond acceptors (Lipinski definition) is 9. The third-order valence-electron chi connectivity index (χ3n) is 5.59. The maximum atomic E-state index is 13.0. The molecule has 0 aliphatic carbocycles. The number of hydrogen-bond donors (Lipinski definition) is 0. The lowest BCUT2D eigenvalue weighted by Crippen LogP contribution is -2.36. The first kappa shape index (κ1) is 22.5. The van der Waals surface area contributed by atoms with Gasteiger partial charge in [-0.15, -0.1) is 0 Å². The maximum absolute atomic E-state index is 13.0. The molecule has 2 aromatic rings. The number of nitro benzene ring substituents is 1. The number of fused-ring (bicyclic) bond motifs is 1. The van der Waals surface area contributed by atoms with Crippen molar-refractivity contribution in [3.63, 3.8) is 0 Å². The second kappa shape index (κ2) is 9.16. The topological polar surface area (TPSA) is 111 Å². The summed E-state index contributed by atoms with van der Waals surface area (Å²) in [6.45, 7) is 2.16. The zero-order valence-electron chi connectivity index (χ0n) is 17.7. The Kier molecular flexibility index (Phi) is 6.07. The lowest BCUT2D eigenvalue weighted by molar-refractivity contribution is -0.384. The van der Waals surface area contributed by atoms with Crippen LogP contribution in [0.1, 0.15) is 11.1 Å². The van der Waals surface area contributed by atoms with Crippen molar-refractivity contribution < 1.29 is 28.7 Å². The van der Waals surface area contributed by atoms with E-state index in [0.29, 0.717) is 59.6 Å². The number of rotatable bonds is 5. The molecular formula is C22H18ClN3O7S. The van der Waals surface area contributed by atoms with Crippen molar-refractivity contribution in [3.05, 3.63) is 61.5 Å². The van der Waals surface area contributed by atoms with Crippen LogP contribution < -0.4 is 14.4 Å². The van der Waals surface area contributed by atoms with Gasteiger partial charge in [-0.2, -0.15) is 0 Å². The van der Waals surface area contributed by atoms with Crippen LogP contribution in [0.3, 0.4) is 0 Å². The van der Waals surface area contributed by atoms with Gasteiger partial charge >= 0.3 is 0 Å². The van der Waals surface area contributed by atoms with Gasteiger partial charge in [0.25, 0.3) is 16.8 Å². The maximum Gasteiger partial charge on any atom is 0.293 e. The molecule has 34 heavy (non-hydrogen) atoms. The van der Waals surface area contributed by atoms with Gasteiger partial charge in [0.1, 0.15) is 5.69 Å². The normalized spacial score (nSPS) is 18.8. The largest absolute Gasteiger partial charge is 0.454 e. The van der Waals surface area contributed by atoms with Gasteiger partial charge in [-0.25, -0.2) is 0 Å². The molecule has 5 rings (SSSR count). The van der Waals surface area contributed by atoms with Crippen molar-refractivity contribution in [3.8, 4) is 11.5 Å². The molecule has 0 N–H and O–H groups in total. The second-order valence-electron chi connectivity index (χ2n) is 7.67. The Labute approximate surface area is 203 Å². The molecule has 0 atom stereocenters. The summed E-state index contributed by atoms with van der Waals surface area (Å²) >= 11 is 7.07. The van der Waals surface area contributed by atoms with Crippen LogP contribution in [-0.4, -0.2) is 54.1 Å². The van der Waals surface area contributed by atoms with Gasteiger partial charge in [-0.05, 0) is 41.1 Å². The minimum Gasteiger partial charge on any atom is -0.454 e. The first-order chi connectivity index (χ1) is 16.4. The van der Waals surface area contributed by atoms with Crippen LogP contribution in [0.25, 0.3) is 6.08 Å². The number of nitro groups is 1. The fraction of sp³-hybridized carbons (Fsp3) is 0.273.